The van der Waals surface area contributed by atoms with Gasteiger partial charge in [0.25, 0.3) is 0 Å². The standard InChI is InChI=1S/C8H16N2/c1-7-3-9-5-8(7,2)6-10-4-7/h9-10H,3-6H2,1-2H3/t7-,8+. The Balaban J connectivity index is 2.30. The van der Waals surface area contributed by atoms with Crippen LogP contribution in [0.25, 0.3) is 0 Å². The maximum Gasteiger partial charge on any atom is 0.00238 e. The molecular weight excluding hydrogens is 124 g/mol. The summed E-state index contributed by atoms with van der Waals surface area (Å²) in [5, 5.41) is 6.93. The summed E-state index contributed by atoms with van der Waals surface area (Å²) in [6.07, 6.45) is 0. The van der Waals surface area contributed by atoms with E-state index in [1.165, 1.54) is 26.2 Å². The van der Waals surface area contributed by atoms with Crippen LogP contribution in [-0.4, -0.2) is 26.2 Å². The van der Waals surface area contributed by atoms with Crippen LogP contribution in [0.15, 0.2) is 0 Å². The Kier molecular flexibility index (Phi) is 1.15. The van der Waals surface area contributed by atoms with Crippen molar-refractivity contribution in [1.29, 1.82) is 0 Å². The fourth-order valence-corrected chi connectivity index (χ4v) is 2.21. The molecule has 0 amide bonds. The van der Waals surface area contributed by atoms with E-state index < -0.39 is 0 Å². The Morgan fingerprint density at radius 2 is 1.10 bits per heavy atom. The number of hydrogen-bond donors (Lipinski definition) is 2. The highest BCUT2D eigenvalue weighted by Gasteiger charge is 2.51. The van der Waals surface area contributed by atoms with Crippen molar-refractivity contribution in [1.82, 2.24) is 10.6 Å². The Hall–Kier alpha value is -0.0800. The van der Waals surface area contributed by atoms with Gasteiger partial charge in [-0.15, -0.1) is 0 Å². The van der Waals surface area contributed by atoms with Crippen LogP contribution in [0.1, 0.15) is 13.8 Å². The second-order valence-electron chi connectivity index (χ2n) is 4.33. The molecule has 0 saturated carbocycles. The highest BCUT2D eigenvalue weighted by atomic mass is 15.1. The highest BCUT2D eigenvalue weighted by molar-refractivity contribution is 5.07. The molecule has 0 aromatic rings. The minimum absolute atomic E-state index is 0.521. The van der Waals surface area contributed by atoms with Crippen molar-refractivity contribution in [3.63, 3.8) is 0 Å². The van der Waals surface area contributed by atoms with E-state index in [0.717, 1.165) is 0 Å². The first-order valence-corrected chi connectivity index (χ1v) is 4.08. The van der Waals surface area contributed by atoms with Crippen LogP contribution in [0.3, 0.4) is 0 Å². The summed E-state index contributed by atoms with van der Waals surface area (Å²) in [4.78, 5) is 0. The molecule has 0 aromatic carbocycles. The molecule has 0 aromatic heterocycles. The summed E-state index contributed by atoms with van der Waals surface area (Å²) in [5.41, 5.74) is 1.04. The van der Waals surface area contributed by atoms with Gasteiger partial charge in [-0.1, -0.05) is 13.8 Å². The number of nitrogens with one attached hydrogen (secondary N) is 2. The molecule has 2 nitrogen and oxygen atoms in total. The first-order chi connectivity index (χ1) is 4.66. The summed E-state index contributed by atoms with van der Waals surface area (Å²) in [7, 11) is 0. The van der Waals surface area contributed by atoms with Gasteiger partial charge >= 0.3 is 0 Å². The van der Waals surface area contributed by atoms with Gasteiger partial charge in [0.05, 0.1) is 0 Å². The van der Waals surface area contributed by atoms with Crippen LogP contribution in [0, 0.1) is 10.8 Å². The van der Waals surface area contributed by atoms with Gasteiger partial charge in [0, 0.05) is 37.0 Å². The minimum Gasteiger partial charge on any atom is -0.316 e. The second kappa shape index (κ2) is 1.74. The molecule has 0 bridgehead atoms. The maximum absolute atomic E-state index is 3.47. The van der Waals surface area contributed by atoms with Gasteiger partial charge in [-0.2, -0.15) is 0 Å². The van der Waals surface area contributed by atoms with Gasteiger partial charge < -0.3 is 10.6 Å². The molecule has 2 fully saturated rings. The first-order valence-electron chi connectivity index (χ1n) is 4.08. The van der Waals surface area contributed by atoms with Crippen LogP contribution in [-0.2, 0) is 0 Å². The Bertz CT molecular complexity index is 127. The lowest BCUT2D eigenvalue weighted by molar-refractivity contribution is 0.212. The molecule has 0 unspecified atom stereocenters. The molecular formula is C8H16N2. The van der Waals surface area contributed by atoms with Crippen LogP contribution in [0.4, 0.5) is 0 Å². The van der Waals surface area contributed by atoms with E-state index in [-0.39, 0.29) is 0 Å². The number of fused-ring (bicyclic) bond motifs is 1. The fourth-order valence-electron chi connectivity index (χ4n) is 2.21. The predicted octanol–water partition coefficient (Wildman–Crippen LogP) is 0.205. The van der Waals surface area contributed by atoms with E-state index in [2.05, 4.69) is 24.5 Å². The van der Waals surface area contributed by atoms with E-state index in [9.17, 15) is 0 Å². The zero-order valence-corrected chi connectivity index (χ0v) is 6.83. The largest absolute Gasteiger partial charge is 0.316 e. The monoisotopic (exact) mass is 140 g/mol. The normalized spacial score (nSPS) is 53.4. The third-order valence-corrected chi connectivity index (χ3v) is 3.52. The zero-order valence-electron chi connectivity index (χ0n) is 6.83. The van der Waals surface area contributed by atoms with Crippen LogP contribution in [0.2, 0.25) is 0 Å². The lowest BCUT2D eigenvalue weighted by Gasteiger charge is -2.31. The summed E-state index contributed by atoms with van der Waals surface area (Å²) < 4.78 is 0. The van der Waals surface area contributed by atoms with Crippen molar-refractivity contribution >= 4 is 0 Å². The Morgan fingerprint density at radius 1 is 0.800 bits per heavy atom. The van der Waals surface area contributed by atoms with Crippen molar-refractivity contribution in [3.05, 3.63) is 0 Å². The quantitative estimate of drug-likeness (QED) is 0.502. The molecule has 0 spiro atoms. The van der Waals surface area contributed by atoms with E-state index >= 15 is 0 Å². The van der Waals surface area contributed by atoms with E-state index in [1.807, 2.05) is 0 Å². The molecule has 2 heterocycles. The first kappa shape index (κ1) is 6.62. The smallest absolute Gasteiger partial charge is 0.00238 e. The summed E-state index contributed by atoms with van der Waals surface area (Å²) >= 11 is 0. The van der Waals surface area contributed by atoms with Crippen molar-refractivity contribution in [2.75, 3.05) is 26.2 Å². The van der Waals surface area contributed by atoms with Gasteiger partial charge in [-0.25, -0.2) is 0 Å². The lowest BCUT2D eigenvalue weighted by Crippen LogP contribution is -2.34. The third-order valence-electron chi connectivity index (χ3n) is 3.52. The van der Waals surface area contributed by atoms with Crippen molar-refractivity contribution in [3.8, 4) is 0 Å². The average molecular weight is 140 g/mol. The molecule has 2 saturated heterocycles. The molecule has 2 N–H and O–H groups in total. The molecule has 2 aliphatic rings. The molecule has 0 aliphatic carbocycles. The van der Waals surface area contributed by atoms with Crippen LogP contribution in [0.5, 0.6) is 0 Å². The Morgan fingerprint density at radius 3 is 1.40 bits per heavy atom. The Labute approximate surface area is 62.4 Å². The van der Waals surface area contributed by atoms with Gasteiger partial charge in [-0.3, -0.25) is 0 Å². The molecule has 0 atom stereocenters. The zero-order chi connectivity index (χ0) is 7.24. The molecule has 2 aliphatic heterocycles. The van der Waals surface area contributed by atoms with Gasteiger partial charge in [-0.05, 0) is 0 Å². The van der Waals surface area contributed by atoms with Crippen molar-refractivity contribution in [2.45, 2.75) is 13.8 Å². The average Bonchev–Trinajstić information content (AvgIpc) is 2.20. The van der Waals surface area contributed by atoms with Gasteiger partial charge in [0.1, 0.15) is 0 Å². The van der Waals surface area contributed by atoms with Gasteiger partial charge in [0.2, 0.25) is 0 Å². The van der Waals surface area contributed by atoms with Gasteiger partial charge in [0.15, 0.2) is 0 Å². The molecule has 58 valence electrons. The summed E-state index contributed by atoms with van der Waals surface area (Å²) in [5.74, 6) is 0. The van der Waals surface area contributed by atoms with Crippen molar-refractivity contribution < 1.29 is 0 Å². The van der Waals surface area contributed by atoms with E-state index in [0.29, 0.717) is 10.8 Å². The molecule has 2 rings (SSSR count). The van der Waals surface area contributed by atoms with Crippen molar-refractivity contribution in [2.24, 2.45) is 10.8 Å². The maximum atomic E-state index is 3.47. The fraction of sp³-hybridized carbons (Fsp3) is 1.00. The minimum atomic E-state index is 0.521. The van der Waals surface area contributed by atoms with E-state index in [1.54, 1.807) is 0 Å². The molecule has 0 radical (unpaired) electrons. The highest BCUT2D eigenvalue weighted by Crippen LogP contribution is 2.44. The van der Waals surface area contributed by atoms with E-state index in [4.69, 9.17) is 0 Å². The molecule has 10 heavy (non-hydrogen) atoms. The topological polar surface area (TPSA) is 24.1 Å². The lowest BCUT2D eigenvalue weighted by atomic mass is 9.71. The number of hydrogen-bond acceptors (Lipinski definition) is 2. The third kappa shape index (κ3) is 0.611. The summed E-state index contributed by atoms with van der Waals surface area (Å²) in [6.45, 7) is 9.53. The molecule has 2 heteroatoms. The summed E-state index contributed by atoms with van der Waals surface area (Å²) in [6, 6.07) is 0. The van der Waals surface area contributed by atoms with Crippen LogP contribution >= 0.6 is 0 Å². The second-order valence-corrected chi connectivity index (χ2v) is 4.33. The number of rotatable bonds is 0. The SMILES string of the molecule is C[C@]12CNC[C@@]1(C)CNC2. The van der Waals surface area contributed by atoms with Crippen LogP contribution < -0.4 is 10.6 Å². The predicted molar refractivity (Wildman–Crippen MR) is 42.0 cm³/mol.